The summed E-state index contributed by atoms with van der Waals surface area (Å²) in [6.07, 6.45) is -0.0586. The summed E-state index contributed by atoms with van der Waals surface area (Å²) in [5.74, 6) is 5.28. The first-order valence-corrected chi connectivity index (χ1v) is 7.52. The Morgan fingerprint density at radius 3 is 2.75 bits per heavy atom. The predicted octanol–water partition coefficient (Wildman–Crippen LogP) is 2.99. The lowest BCUT2D eigenvalue weighted by molar-refractivity contribution is 0.140. The van der Waals surface area contributed by atoms with Gasteiger partial charge in [-0.1, -0.05) is 42.2 Å². The fourth-order valence-electron chi connectivity index (χ4n) is 1.94. The zero-order valence-corrected chi connectivity index (χ0v) is 13.1. The molecule has 0 spiro atoms. The Hall–Kier alpha value is -2.84. The summed E-state index contributed by atoms with van der Waals surface area (Å²) in [5.41, 5.74) is 1.75. The van der Waals surface area contributed by atoms with E-state index in [9.17, 15) is 9.18 Å². The van der Waals surface area contributed by atoms with Gasteiger partial charge in [-0.25, -0.2) is 9.18 Å². The second-order valence-electron chi connectivity index (χ2n) is 5.00. The zero-order valence-electron chi connectivity index (χ0n) is 13.1. The number of alkyl carbamates (subject to hydrolysis) is 1. The lowest BCUT2D eigenvalue weighted by Gasteiger charge is -2.05. The smallest absolute Gasteiger partial charge is 0.407 e. The third-order valence-electron chi connectivity index (χ3n) is 3.18. The van der Waals surface area contributed by atoms with E-state index in [1.165, 1.54) is 12.1 Å². The summed E-state index contributed by atoms with van der Waals surface area (Å²) >= 11 is 0. The van der Waals surface area contributed by atoms with E-state index in [1.807, 2.05) is 30.3 Å². The highest BCUT2D eigenvalue weighted by Gasteiger charge is 2.01. The first-order valence-electron chi connectivity index (χ1n) is 7.52. The Morgan fingerprint density at radius 2 is 2.00 bits per heavy atom. The van der Waals surface area contributed by atoms with E-state index < -0.39 is 11.9 Å². The molecule has 0 aromatic heterocycles. The van der Waals surface area contributed by atoms with Crippen LogP contribution < -0.4 is 5.32 Å². The second-order valence-corrected chi connectivity index (χ2v) is 5.00. The molecule has 24 heavy (non-hydrogen) atoms. The predicted molar refractivity (Wildman–Crippen MR) is 88.4 cm³/mol. The van der Waals surface area contributed by atoms with E-state index >= 15 is 0 Å². The number of aliphatic hydroxyl groups is 1. The van der Waals surface area contributed by atoms with Gasteiger partial charge in [0.15, 0.2) is 0 Å². The molecule has 0 fully saturated rings. The number of halogens is 1. The summed E-state index contributed by atoms with van der Waals surface area (Å²) < 4.78 is 18.3. The minimum atomic E-state index is -0.495. The van der Waals surface area contributed by atoms with Crippen molar-refractivity contribution in [1.29, 1.82) is 0 Å². The summed E-state index contributed by atoms with van der Waals surface area (Å²) in [4.78, 5) is 11.5. The standard InChI is InChI=1S/C19H18FNO3/c20-18-10-9-15(12-17(18)13-22)6-4-5-11-21-19(23)24-14-16-7-2-1-3-8-16/h1-3,7-10,12,22H,5,11,13-14H2,(H,21,23). The number of benzene rings is 2. The third kappa shape index (κ3) is 5.75. The Kier molecular flexibility index (Phi) is 6.81. The highest BCUT2D eigenvalue weighted by Crippen LogP contribution is 2.09. The van der Waals surface area contributed by atoms with Crippen LogP contribution in [-0.2, 0) is 18.0 Å². The van der Waals surface area contributed by atoms with Gasteiger partial charge in [-0.3, -0.25) is 0 Å². The van der Waals surface area contributed by atoms with Gasteiger partial charge in [0, 0.05) is 24.1 Å². The summed E-state index contributed by atoms with van der Waals surface area (Å²) in [5, 5.41) is 11.6. The van der Waals surface area contributed by atoms with Crippen molar-refractivity contribution >= 4 is 6.09 Å². The number of ether oxygens (including phenoxy) is 1. The van der Waals surface area contributed by atoms with E-state index in [0.717, 1.165) is 5.56 Å². The van der Waals surface area contributed by atoms with Crippen molar-refractivity contribution in [3.05, 3.63) is 71.0 Å². The number of amides is 1. The van der Waals surface area contributed by atoms with Crippen molar-refractivity contribution < 1.29 is 19.0 Å². The van der Waals surface area contributed by atoms with Crippen molar-refractivity contribution in [2.75, 3.05) is 6.54 Å². The van der Waals surface area contributed by atoms with Crippen LogP contribution in [0.1, 0.15) is 23.1 Å². The molecule has 0 aliphatic carbocycles. The van der Waals surface area contributed by atoms with E-state index in [2.05, 4.69) is 17.2 Å². The van der Waals surface area contributed by atoms with Crippen molar-refractivity contribution in [3.63, 3.8) is 0 Å². The molecule has 0 aliphatic rings. The van der Waals surface area contributed by atoms with Gasteiger partial charge in [0.25, 0.3) is 0 Å². The highest BCUT2D eigenvalue weighted by molar-refractivity contribution is 5.67. The maximum Gasteiger partial charge on any atom is 0.407 e. The quantitative estimate of drug-likeness (QED) is 0.656. The van der Waals surface area contributed by atoms with Crippen LogP contribution in [0.25, 0.3) is 0 Å². The Morgan fingerprint density at radius 1 is 1.21 bits per heavy atom. The molecule has 0 bridgehead atoms. The number of hydrogen-bond donors (Lipinski definition) is 2. The number of nitrogens with one attached hydrogen (secondary N) is 1. The summed E-state index contributed by atoms with van der Waals surface area (Å²) in [6.45, 7) is 0.211. The summed E-state index contributed by atoms with van der Waals surface area (Å²) in [6, 6.07) is 13.7. The molecule has 2 aromatic carbocycles. The lowest BCUT2D eigenvalue weighted by atomic mass is 10.1. The van der Waals surface area contributed by atoms with Crippen molar-refractivity contribution in [1.82, 2.24) is 5.32 Å². The third-order valence-corrected chi connectivity index (χ3v) is 3.18. The average Bonchev–Trinajstić information content (AvgIpc) is 2.62. The normalized spacial score (nSPS) is 9.75. The molecule has 0 saturated carbocycles. The molecular weight excluding hydrogens is 309 g/mol. The van der Waals surface area contributed by atoms with Crippen LogP contribution in [0.3, 0.4) is 0 Å². The average molecular weight is 327 g/mol. The van der Waals surface area contributed by atoms with Gasteiger partial charge in [0.1, 0.15) is 12.4 Å². The van der Waals surface area contributed by atoms with E-state index in [-0.39, 0.29) is 18.8 Å². The number of carbonyl (C=O) groups is 1. The maximum atomic E-state index is 13.2. The molecule has 0 saturated heterocycles. The molecule has 0 radical (unpaired) electrons. The monoisotopic (exact) mass is 327 g/mol. The van der Waals surface area contributed by atoms with Gasteiger partial charge in [0.2, 0.25) is 0 Å². The first-order chi connectivity index (χ1) is 11.7. The molecule has 0 aliphatic heterocycles. The molecular formula is C19H18FNO3. The molecule has 124 valence electrons. The van der Waals surface area contributed by atoms with Crippen LogP contribution >= 0.6 is 0 Å². The van der Waals surface area contributed by atoms with Crippen LogP contribution in [-0.4, -0.2) is 17.7 Å². The molecule has 0 heterocycles. The lowest BCUT2D eigenvalue weighted by Crippen LogP contribution is -2.24. The molecule has 2 rings (SSSR count). The van der Waals surface area contributed by atoms with Crippen LogP contribution in [0.5, 0.6) is 0 Å². The van der Waals surface area contributed by atoms with E-state index in [4.69, 9.17) is 9.84 Å². The topological polar surface area (TPSA) is 58.6 Å². The molecule has 4 nitrogen and oxygen atoms in total. The van der Waals surface area contributed by atoms with Crippen LogP contribution in [0.2, 0.25) is 0 Å². The molecule has 0 unspecified atom stereocenters. The number of rotatable bonds is 5. The minimum Gasteiger partial charge on any atom is -0.445 e. The Labute approximate surface area is 140 Å². The van der Waals surface area contributed by atoms with Crippen molar-refractivity contribution in [2.24, 2.45) is 0 Å². The Bertz CT molecular complexity index is 735. The molecule has 5 heteroatoms. The summed E-state index contributed by atoms with van der Waals surface area (Å²) in [7, 11) is 0. The SMILES string of the molecule is O=C(NCCC#Cc1ccc(F)c(CO)c1)OCc1ccccc1. The zero-order chi connectivity index (χ0) is 17.2. The number of hydrogen-bond acceptors (Lipinski definition) is 3. The first kappa shape index (κ1) is 17.5. The van der Waals surface area contributed by atoms with Crippen molar-refractivity contribution in [2.45, 2.75) is 19.6 Å². The van der Waals surface area contributed by atoms with Crippen LogP contribution in [0, 0.1) is 17.7 Å². The van der Waals surface area contributed by atoms with Gasteiger partial charge in [-0.15, -0.1) is 0 Å². The second kappa shape index (κ2) is 9.33. The van der Waals surface area contributed by atoms with Crippen molar-refractivity contribution in [3.8, 4) is 11.8 Å². The molecule has 1 amide bonds. The number of carbonyl (C=O) groups excluding carboxylic acids is 1. The molecule has 2 aromatic rings. The highest BCUT2D eigenvalue weighted by atomic mass is 19.1. The van der Waals surface area contributed by atoms with Gasteiger partial charge >= 0.3 is 6.09 Å². The molecule has 0 atom stereocenters. The van der Waals surface area contributed by atoms with Gasteiger partial charge in [-0.05, 0) is 23.8 Å². The van der Waals surface area contributed by atoms with Crippen LogP contribution in [0.4, 0.5) is 9.18 Å². The van der Waals surface area contributed by atoms with Crippen LogP contribution in [0.15, 0.2) is 48.5 Å². The Balaban J connectivity index is 1.70. The van der Waals surface area contributed by atoms with E-state index in [0.29, 0.717) is 18.5 Å². The largest absolute Gasteiger partial charge is 0.445 e. The molecule has 2 N–H and O–H groups in total. The van der Waals surface area contributed by atoms with Gasteiger partial charge < -0.3 is 15.2 Å². The van der Waals surface area contributed by atoms with E-state index in [1.54, 1.807) is 6.07 Å². The van der Waals surface area contributed by atoms with Gasteiger partial charge in [-0.2, -0.15) is 0 Å². The van der Waals surface area contributed by atoms with Gasteiger partial charge in [0.05, 0.1) is 6.61 Å². The minimum absolute atomic E-state index is 0.212. The maximum absolute atomic E-state index is 13.2. The number of aliphatic hydroxyl groups excluding tert-OH is 1. The fourth-order valence-corrected chi connectivity index (χ4v) is 1.94. The fraction of sp³-hybridized carbons (Fsp3) is 0.211.